The Morgan fingerprint density at radius 1 is 1.15 bits per heavy atom. The number of fused-ring (bicyclic) bond motifs is 1. The fourth-order valence-corrected chi connectivity index (χ4v) is 4.38. The topological polar surface area (TPSA) is 59.8 Å². The number of Topliss-reactive ketones (excluding diaryl/α,β-unsaturated/α-hetero) is 1. The maximum Gasteiger partial charge on any atom is 0.339 e. The average Bonchev–Trinajstić information content (AvgIpc) is 2.80. The standard InChI is InChI=1S/C28H31NO4/c1-5-6-20-15-21(8-7-18(20)2)25(30)17-23-16-22-9-10-26(19(3)27(22)33-28(23)31)32-24-11-13-29(4)14-12-24/h5,7-10,15-16,24H,1,6,11-14,17H2,2-4H3. The van der Waals surface area contributed by atoms with Gasteiger partial charge >= 0.3 is 5.63 Å². The zero-order chi connectivity index (χ0) is 23.5. The molecule has 0 aliphatic carbocycles. The van der Waals surface area contributed by atoms with Crippen molar-refractivity contribution in [2.45, 2.75) is 45.6 Å². The van der Waals surface area contributed by atoms with E-state index in [1.54, 1.807) is 6.07 Å². The summed E-state index contributed by atoms with van der Waals surface area (Å²) in [6.07, 6.45) is 4.65. The van der Waals surface area contributed by atoms with E-state index in [0.717, 1.165) is 53.8 Å². The van der Waals surface area contributed by atoms with E-state index in [0.29, 0.717) is 23.1 Å². The molecule has 0 atom stereocenters. The largest absolute Gasteiger partial charge is 0.490 e. The van der Waals surface area contributed by atoms with Crippen LogP contribution in [0.1, 0.15) is 45.5 Å². The highest BCUT2D eigenvalue weighted by Gasteiger charge is 2.20. The van der Waals surface area contributed by atoms with Crippen LogP contribution in [0.4, 0.5) is 0 Å². The molecular formula is C28H31NO4. The number of benzene rings is 2. The summed E-state index contributed by atoms with van der Waals surface area (Å²) < 4.78 is 11.9. The molecule has 5 heteroatoms. The Morgan fingerprint density at radius 3 is 2.64 bits per heavy atom. The second kappa shape index (κ2) is 9.75. The monoisotopic (exact) mass is 445 g/mol. The van der Waals surface area contributed by atoms with E-state index in [9.17, 15) is 9.59 Å². The van der Waals surface area contributed by atoms with E-state index in [-0.39, 0.29) is 18.3 Å². The van der Waals surface area contributed by atoms with Crippen LogP contribution in [0.25, 0.3) is 11.0 Å². The summed E-state index contributed by atoms with van der Waals surface area (Å²) in [6, 6.07) is 11.2. The van der Waals surface area contributed by atoms with E-state index in [2.05, 4.69) is 18.5 Å². The summed E-state index contributed by atoms with van der Waals surface area (Å²) >= 11 is 0. The van der Waals surface area contributed by atoms with Crippen molar-refractivity contribution in [3.05, 3.63) is 87.3 Å². The molecule has 4 rings (SSSR count). The molecule has 2 heterocycles. The number of ketones is 1. The van der Waals surface area contributed by atoms with Gasteiger partial charge in [0.15, 0.2) is 5.78 Å². The first kappa shape index (κ1) is 23.0. The smallest absolute Gasteiger partial charge is 0.339 e. The van der Waals surface area contributed by atoms with Crippen LogP contribution in [0.3, 0.4) is 0 Å². The van der Waals surface area contributed by atoms with Crippen molar-refractivity contribution in [1.82, 2.24) is 4.90 Å². The van der Waals surface area contributed by atoms with Gasteiger partial charge in [0.25, 0.3) is 0 Å². The molecule has 0 bridgehead atoms. The Morgan fingerprint density at radius 2 is 1.91 bits per heavy atom. The molecule has 0 N–H and O–H groups in total. The first-order valence-electron chi connectivity index (χ1n) is 11.5. The van der Waals surface area contributed by atoms with Gasteiger partial charge in [-0.2, -0.15) is 0 Å². The highest BCUT2D eigenvalue weighted by Crippen LogP contribution is 2.29. The van der Waals surface area contributed by atoms with Crippen LogP contribution in [-0.2, 0) is 12.8 Å². The van der Waals surface area contributed by atoms with E-state index >= 15 is 0 Å². The summed E-state index contributed by atoms with van der Waals surface area (Å²) in [7, 11) is 2.12. The molecule has 0 saturated carbocycles. The maximum atomic E-state index is 12.9. The number of nitrogens with zero attached hydrogens (tertiary/aromatic N) is 1. The van der Waals surface area contributed by atoms with Crippen LogP contribution in [0.15, 0.2) is 58.3 Å². The molecule has 33 heavy (non-hydrogen) atoms. The number of ether oxygens (including phenoxy) is 1. The molecule has 0 amide bonds. The predicted octanol–water partition coefficient (Wildman–Crippen LogP) is 5.04. The van der Waals surface area contributed by atoms with Crippen molar-refractivity contribution in [1.29, 1.82) is 0 Å². The number of carbonyl (C=O) groups is 1. The Kier molecular flexibility index (Phi) is 6.80. The summed E-state index contributed by atoms with van der Waals surface area (Å²) in [5.74, 6) is 0.643. The highest BCUT2D eigenvalue weighted by atomic mass is 16.5. The molecule has 2 aromatic carbocycles. The third-order valence-electron chi connectivity index (χ3n) is 6.52. The van der Waals surface area contributed by atoms with Gasteiger partial charge in [0.1, 0.15) is 17.4 Å². The number of aryl methyl sites for hydroxylation is 2. The molecule has 0 spiro atoms. The Bertz CT molecular complexity index is 1250. The summed E-state index contributed by atoms with van der Waals surface area (Å²) in [4.78, 5) is 27.9. The van der Waals surface area contributed by atoms with Crippen molar-refractivity contribution in [3.8, 4) is 5.75 Å². The molecule has 172 valence electrons. The number of hydrogen-bond acceptors (Lipinski definition) is 5. The van der Waals surface area contributed by atoms with Gasteiger partial charge in [0.05, 0.1) is 0 Å². The molecule has 0 radical (unpaired) electrons. The molecule has 0 unspecified atom stereocenters. The number of carbonyl (C=O) groups excluding carboxylic acids is 1. The Labute approximate surface area is 194 Å². The minimum Gasteiger partial charge on any atom is -0.490 e. The Hall–Kier alpha value is -3.18. The van der Waals surface area contributed by atoms with Gasteiger partial charge in [0, 0.05) is 41.6 Å². The predicted molar refractivity (Wildman–Crippen MR) is 131 cm³/mol. The van der Waals surface area contributed by atoms with Crippen molar-refractivity contribution in [3.63, 3.8) is 0 Å². The summed E-state index contributed by atoms with van der Waals surface area (Å²) in [5, 5.41) is 0.793. The fourth-order valence-electron chi connectivity index (χ4n) is 4.38. The second-order valence-corrected chi connectivity index (χ2v) is 9.02. The quantitative estimate of drug-likeness (QED) is 0.290. The molecule has 1 aromatic heterocycles. The van der Waals surface area contributed by atoms with Crippen molar-refractivity contribution < 1.29 is 13.9 Å². The van der Waals surface area contributed by atoms with Gasteiger partial charge < -0.3 is 14.1 Å². The van der Waals surface area contributed by atoms with Crippen LogP contribution < -0.4 is 10.4 Å². The maximum absolute atomic E-state index is 12.9. The van der Waals surface area contributed by atoms with Gasteiger partial charge in [-0.3, -0.25) is 4.79 Å². The van der Waals surface area contributed by atoms with Gasteiger partial charge in [0.2, 0.25) is 0 Å². The molecule has 1 fully saturated rings. The van der Waals surface area contributed by atoms with Gasteiger partial charge in [-0.25, -0.2) is 4.79 Å². The van der Waals surface area contributed by atoms with Crippen LogP contribution in [-0.4, -0.2) is 36.9 Å². The van der Waals surface area contributed by atoms with Crippen LogP contribution >= 0.6 is 0 Å². The fraction of sp³-hybridized carbons (Fsp3) is 0.357. The lowest BCUT2D eigenvalue weighted by molar-refractivity contribution is 0.0991. The lowest BCUT2D eigenvalue weighted by Crippen LogP contribution is -2.35. The van der Waals surface area contributed by atoms with Crippen molar-refractivity contribution in [2.24, 2.45) is 0 Å². The number of allylic oxidation sites excluding steroid dienone is 1. The van der Waals surface area contributed by atoms with E-state index in [4.69, 9.17) is 9.15 Å². The van der Waals surface area contributed by atoms with Gasteiger partial charge in [-0.1, -0.05) is 18.2 Å². The third-order valence-corrected chi connectivity index (χ3v) is 6.52. The van der Waals surface area contributed by atoms with Crippen LogP contribution in [0, 0.1) is 13.8 Å². The van der Waals surface area contributed by atoms with Crippen LogP contribution in [0.5, 0.6) is 5.75 Å². The number of likely N-dealkylation sites (tertiary alicyclic amines) is 1. The average molecular weight is 446 g/mol. The zero-order valence-corrected chi connectivity index (χ0v) is 19.6. The number of hydrogen-bond donors (Lipinski definition) is 0. The lowest BCUT2D eigenvalue weighted by atomic mass is 9.97. The highest BCUT2D eigenvalue weighted by molar-refractivity contribution is 5.98. The lowest BCUT2D eigenvalue weighted by Gasteiger charge is -2.29. The number of rotatable bonds is 7. The second-order valence-electron chi connectivity index (χ2n) is 9.02. The summed E-state index contributed by atoms with van der Waals surface area (Å²) in [6.45, 7) is 9.73. The van der Waals surface area contributed by atoms with Gasteiger partial charge in [-0.05, 0) is 75.5 Å². The first-order chi connectivity index (χ1) is 15.9. The minimum atomic E-state index is -0.478. The van der Waals surface area contributed by atoms with E-state index in [1.165, 1.54) is 0 Å². The van der Waals surface area contributed by atoms with Crippen LogP contribution in [0.2, 0.25) is 0 Å². The SMILES string of the molecule is C=CCc1cc(C(=O)Cc2cc3ccc(OC4CCN(C)CC4)c(C)c3oc2=O)ccc1C. The molecule has 1 saturated heterocycles. The zero-order valence-electron chi connectivity index (χ0n) is 19.6. The summed E-state index contributed by atoms with van der Waals surface area (Å²) in [5.41, 5.74) is 3.99. The molecular weight excluding hydrogens is 414 g/mol. The molecule has 1 aliphatic rings. The minimum absolute atomic E-state index is 0.00174. The van der Waals surface area contributed by atoms with Crippen molar-refractivity contribution >= 4 is 16.8 Å². The first-order valence-corrected chi connectivity index (χ1v) is 11.5. The van der Waals surface area contributed by atoms with Gasteiger partial charge in [-0.15, -0.1) is 6.58 Å². The normalized spacial score (nSPS) is 15.0. The third kappa shape index (κ3) is 5.09. The van der Waals surface area contributed by atoms with E-state index < -0.39 is 5.63 Å². The number of piperidine rings is 1. The van der Waals surface area contributed by atoms with Crippen molar-refractivity contribution in [2.75, 3.05) is 20.1 Å². The molecule has 5 nitrogen and oxygen atoms in total. The van der Waals surface area contributed by atoms with E-state index in [1.807, 2.05) is 50.3 Å². The molecule has 3 aromatic rings. The molecule has 1 aliphatic heterocycles. The Balaban J connectivity index is 1.57.